The van der Waals surface area contributed by atoms with E-state index in [0.29, 0.717) is 17.6 Å². The number of hydrogen-bond donors (Lipinski definition) is 0. The zero-order valence-electron chi connectivity index (χ0n) is 16.7. The van der Waals surface area contributed by atoms with Gasteiger partial charge in [0.2, 0.25) is 0 Å². The molecule has 29 heavy (non-hydrogen) atoms. The highest BCUT2D eigenvalue weighted by Gasteiger charge is 2.36. The fourth-order valence-corrected chi connectivity index (χ4v) is 9.82. The maximum Gasteiger partial charge on any atom is 0.266 e. The SMILES string of the molecule is CC[SiH](CC)C1Cc2cc(Br)ccc2N(S(=O)(=O)c2cccc3cccnc23)C1. The van der Waals surface area contributed by atoms with Gasteiger partial charge in [-0.15, -0.1) is 0 Å². The summed E-state index contributed by atoms with van der Waals surface area (Å²) in [6, 6.07) is 17.5. The van der Waals surface area contributed by atoms with E-state index in [-0.39, 0.29) is 4.90 Å². The summed E-state index contributed by atoms with van der Waals surface area (Å²) in [6.07, 6.45) is 2.62. The van der Waals surface area contributed by atoms with Gasteiger partial charge < -0.3 is 0 Å². The molecule has 4 nitrogen and oxygen atoms in total. The molecule has 0 radical (unpaired) electrons. The van der Waals surface area contributed by atoms with Crippen LogP contribution in [0.15, 0.2) is 64.1 Å². The molecule has 1 aliphatic heterocycles. The molecular formula is C22H25BrN2O2SSi. The van der Waals surface area contributed by atoms with Crippen LogP contribution in [0.1, 0.15) is 19.4 Å². The lowest BCUT2D eigenvalue weighted by Crippen LogP contribution is -2.42. The van der Waals surface area contributed by atoms with Crippen LogP contribution in [0.2, 0.25) is 17.6 Å². The summed E-state index contributed by atoms with van der Waals surface area (Å²) in [6.45, 7) is 5.08. The maximum absolute atomic E-state index is 13.9. The Morgan fingerprint density at radius 3 is 2.66 bits per heavy atom. The average Bonchev–Trinajstić information content (AvgIpc) is 2.73. The molecule has 0 N–H and O–H groups in total. The molecule has 0 bridgehead atoms. The molecule has 1 unspecified atom stereocenters. The van der Waals surface area contributed by atoms with Crippen molar-refractivity contribution in [2.75, 3.05) is 10.8 Å². The molecule has 1 atom stereocenters. The van der Waals surface area contributed by atoms with E-state index in [2.05, 4.69) is 40.8 Å². The van der Waals surface area contributed by atoms with Crippen LogP contribution in [-0.2, 0) is 16.4 Å². The van der Waals surface area contributed by atoms with Gasteiger partial charge in [0.15, 0.2) is 0 Å². The predicted octanol–water partition coefficient (Wildman–Crippen LogP) is 5.39. The third-order valence-corrected chi connectivity index (χ3v) is 12.3. The van der Waals surface area contributed by atoms with Crippen molar-refractivity contribution in [3.63, 3.8) is 0 Å². The number of halogens is 1. The summed E-state index contributed by atoms with van der Waals surface area (Å²) in [5.74, 6) is 0. The van der Waals surface area contributed by atoms with Crippen LogP contribution in [0, 0.1) is 0 Å². The summed E-state index contributed by atoms with van der Waals surface area (Å²) >= 11 is 3.56. The number of hydrogen-bond acceptors (Lipinski definition) is 3. The molecule has 0 amide bonds. The van der Waals surface area contributed by atoms with Crippen molar-refractivity contribution >= 4 is 51.3 Å². The Morgan fingerprint density at radius 1 is 1.14 bits per heavy atom. The quantitative estimate of drug-likeness (QED) is 0.452. The van der Waals surface area contributed by atoms with Gasteiger partial charge in [0.25, 0.3) is 10.0 Å². The van der Waals surface area contributed by atoms with Gasteiger partial charge in [0.1, 0.15) is 4.90 Å². The monoisotopic (exact) mass is 488 g/mol. The zero-order chi connectivity index (χ0) is 20.6. The number of fused-ring (bicyclic) bond motifs is 2. The second kappa shape index (κ2) is 8.20. The third kappa shape index (κ3) is 3.76. The minimum Gasteiger partial charge on any atom is -0.266 e. The summed E-state index contributed by atoms with van der Waals surface area (Å²) < 4.78 is 30.4. The van der Waals surface area contributed by atoms with Crippen molar-refractivity contribution in [3.8, 4) is 0 Å². The number of rotatable bonds is 5. The molecule has 7 heteroatoms. The van der Waals surface area contributed by atoms with Gasteiger partial charge in [-0.2, -0.15) is 0 Å². The molecule has 0 saturated carbocycles. The predicted molar refractivity (Wildman–Crippen MR) is 126 cm³/mol. The number of benzene rings is 2. The molecular weight excluding hydrogens is 464 g/mol. The largest absolute Gasteiger partial charge is 0.266 e. The summed E-state index contributed by atoms with van der Waals surface area (Å²) in [5.41, 5.74) is 2.89. The maximum atomic E-state index is 13.9. The summed E-state index contributed by atoms with van der Waals surface area (Å²) in [4.78, 5) is 4.68. The van der Waals surface area contributed by atoms with Crippen LogP contribution in [0.3, 0.4) is 0 Å². The van der Waals surface area contributed by atoms with E-state index in [1.807, 2.05) is 30.3 Å². The lowest BCUT2D eigenvalue weighted by Gasteiger charge is -2.38. The van der Waals surface area contributed by atoms with Crippen molar-refractivity contribution in [2.24, 2.45) is 0 Å². The Hall–Kier alpha value is -1.70. The first-order valence-electron chi connectivity index (χ1n) is 10.1. The fraction of sp³-hybridized carbons (Fsp3) is 0.318. The van der Waals surface area contributed by atoms with E-state index < -0.39 is 18.8 Å². The van der Waals surface area contributed by atoms with E-state index in [1.54, 1.807) is 22.6 Å². The fourth-order valence-electron chi connectivity index (χ4n) is 4.52. The van der Waals surface area contributed by atoms with Crippen molar-refractivity contribution in [1.82, 2.24) is 4.98 Å². The Morgan fingerprint density at radius 2 is 1.90 bits per heavy atom. The van der Waals surface area contributed by atoms with Gasteiger partial charge in [-0.3, -0.25) is 9.29 Å². The molecule has 0 saturated heterocycles. The minimum absolute atomic E-state index is 0.288. The van der Waals surface area contributed by atoms with Crippen LogP contribution in [0.4, 0.5) is 5.69 Å². The Labute approximate surface area is 182 Å². The number of pyridine rings is 1. The van der Waals surface area contributed by atoms with E-state index in [9.17, 15) is 8.42 Å². The Bertz CT molecular complexity index is 1140. The van der Waals surface area contributed by atoms with Crippen molar-refractivity contribution < 1.29 is 8.42 Å². The van der Waals surface area contributed by atoms with Crippen molar-refractivity contribution in [3.05, 3.63) is 64.8 Å². The first-order valence-corrected chi connectivity index (χ1v) is 14.6. The molecule has 1 aromatic heterocycles. The summed E-state index contributed by atoms with van der Waals surface area (Å²) in [5, 5.41) is 0.840. The van der Waals surface area contributed by atoms with Gasteiger partial charge in [-0.05, 0) is 47.9 Å². The first-order chi connectivity index (χ1) is 14.0. The van der Waals surface area contributed by atoms with Crippen LogP contribution < -0.4 is 4.31 Å². The van der Waals surface area contributed by atoms with Gasteiger partial charge in [0, 0.05) is 31.4 Å². The highest BCUT2D eigenvalue weighted by molar-refractivity contribution is 9.10. The van der Waals surface area contributed by atoms with Gasteiger partial charge >= 0.3 is 0 Å². The number of sulfonamides is 1. The van der Waals surface area contributed by atoms with E-state index >= 15 is 0 Å². The highest BCUT2D eigenvalue weighted by Crippen LogP contribution is 2.40. The van der Waals surface area contributed by atoms with Crippen LogP contribution in [0.25, 0.3) is 10.9 Å². The number of para-hydroxylation sites is 1. The molecule has 4 rings (SSSR count). The van der Waals surface area contributed by atoms with E-state index in [1.165, 1.54) is 12.1 Å². The normalized spacial score (nSPS) is 17.0. The van der Waals surface area contributed by atoms with Crippen LogP contribution >= 0.6 is 15.9 Å². The zero-order valence-corrected chi connectivity index (χ0v) is 20.2. The van der Waals surface area contributed by atoms with Crippen molar-refractivity contribution in [1.29, 1.82) is 0 Å². The lowest BCUT2D eigenvalue weighted by molar-refractivity contribution is 0.586. The highest BCUT2D eigenvalue weighted by atomic mass is 79.9. The van der Waals surface area contributed by atoms with Crippen molar-refractivity contribution in [2.45, 2.75) is 42.8 Å². The molecule has 3 aromatic rings. The standard InChI is InChI=1S/C22H25BrN2O2SSi/c1-3-29(4-2)19-14-17-13-18(23)10-11-20(17)25(15-19)28(26,27)21-9-5-7-16-8-6-12-24-22(16)21/h5-13,19,29H,3-4,14-15H2,1-2H3. The molecule has 152 valence electrons. The van der Waals surface area contributed by atoms with E-state index in [4.69, 9.17) is 0 Å². The van der Waals surface area contributed by atoms with Gasteiger partial charge in [-0.25, -0.2) is 8.42 Å². The second-order valence-electron chi connectivity index (χ2n) is 7.68. The first kappa shape index (κ1) is 20.6. The molecule has 1 aliphatic rings. The van der Waals surface area contributed by atoms with E-state index in [0.717, 1.165) is 27.5 Å². The van der Waals surface area contributed by atoms with Crippen LogP contribution in [-0.4, -0.2) is 28.7 Å². The molecule has 2 aromatic carbocycles. The molecule has 2 heterocycles. The lowest BCUT2D eigenvalue weighted by atomic mass is 10.0. The van der Waals surface area contributed by atoms with Crippen LogP contribution in [0.5, 0.6) is 0 Å². The number of anilines is 1. The minimum atomic E-state index is -3.72. The molecule has 0 aliphatic carbocycles. The topological polar surface area (TPSA) is 50.3 Å². The van der Waals surface area contributed by atoms with Gasteiger partial charge in [-0.1, -0.05) is 60.1 Å². The third-order valence-electron chi connectivity index (χ3n) is 6.07. The molecule has 0 fully saturated rings. The Balaban J connectivity index is 1.87. The smallest absolute Gasteiger partial charge is 0.266 e. The Kier molecular flexibility index (Phi) is 5.82. The summed E-state index contributed by atoms with van der Waals surface area (Å²) in [7, 11) is -4.76. The molecule has 0 spiro atoms. The average molecular weight is 490 g/mol. The number of aromatic nitrogens is 1. The number of nitrogens with zero attached hydrogens (tertiary/aromatic N) is 2. The second-order valence-corrected chi connectivity index (χ2v) is 14.5. The van der Waals surface area contributed by atoms with Gasteiger partial charge in [0.05, 0.1) is 11.2 Å².